The van der Waals surface area contributed by atoms with Gasteiger partial charge >= 0.3 is 0 Å². The SMILES string of the molecule is CNC(=O)[C@]1(CCCc2cnccn2)CCN1CCc1ccccc1. The molecular weight excluding hydrogens is 312 g/mol. The van der Waals surface area contributed by atoms with Crippen molar-refractivity contribution in [1.82, 2.24) is 20.2 Å². The van der Waals surface area contributed by atoms with Gasteiger partial charge in [0.1, 0.15) is 5.54 Å². The number of amides is 1. The Morgan fingerprint density at radius 3 is 2.72 bits per heavy atom. The van der Waals surface area contributed by atoms with E-state index >= 15 is 0 Å². The molecule has 0 unspecified atom stereocenters. The van der Waals surface area contributed by atoms with Crippen LogP contribution in [0.5, 0.6) is 0 Å². The topological polar surface area (TPSA) is 58.1 Å². The highest BCUT2D eigenvalue weighted by molar-refractivity contribution is 5.87. The first kappa shape index (κ1) is 17.5. The van der Waals surface area contributed by atoms with Gasteiger partial charge in [-0.1, -0.05) is 30.3 Å². The third kappa shape index (κ3) is 4.04. The molecule has 0 saturated carbocycles. The maximum Gasteiger partial charge on any atom is 0.240 e. The molecule has 1 saturated heterocycles. The van der Waals surface area contributed by atoms with Crippen LogP contribution in [0.1, 0.15) is 30.5 Å². The zero-order valence-electron chi connectivity index (χ0n) is 14.8. The van der Waals surface area contributed by atoms with E-state index in [1.165, 1.54) is 5.56 Å². The predicted octanol–water partition coefficient (Wildman–Crippen LogP) is 2.23. The van der Waals surface area contributed by atoms with Crippen LogP contribution in [0, 0.1) is 0 Å². The van der Waals surface area contributed by atoms with Crippen LogP contribution in [0.15, 0.2) is 48.9 Å². The maximum absolute atomic E-state index is 12.6. The monoisotopic (exact) mass is 338 g/mol. The first-order valence-electron chi connectivity index (χ1n) is 9.01. The van der Waals surface area contributed by atoms with Gasteiger partial charge in [-0.25, -0.2) is 0 Å². The number of nitrogens with zero attached hydrogens (tertiary/aromatic N) is 3. The smallest absolute Gasteiger partial charge is 0.240 e. The Kier molecular flexibility index (Phi) is 5.76. The Morgan fingerprint density at radius 2 is 2.08 bits per heavy atom. The highest BCUT2D eigenvalue weighted by Gasteiger charge is 2.49. The minimum absolute atomic E-state index is 0.144. The van der Waals surface area contributed by atoms with Gasteiger partial charge in [0.25, 0.3) is 0 Å². The lowest BCUT2D eigenvalue weighted by Gasteiger charge is -2.51. The van der Waals surface area contributed by atoms with Crippen molar-refractivity contribution in [3.63, 3.8) is 0 Å². The largest absolute Gasteiger partial charge is 0.358 e. The van der Waals surface area contributed by atoms with Crippen molar-refractivity contribution in [2.24, 2.45) is 0 Å². The highest BCUT2D eigenvalue weighted by Crippen LogP contribution is 2.35. The second-order valence-corrected chi connectivity index (χ2v) is 6.63. The van der Waals surface area contributed by atoms with E-state index in [4.69, 9.17) is 0 Å². The van der Waals surface area contributed by atoms with Crippen molar-refractivity contribution < 1.29 is 4.79 Å². The molecule has 2 aromatic rings. The molecule has 5 nitrogen and oxygen atoms in total. The summed E-state index contributed by atoms with van der Waals surface area (Å²) in [6.07, 6.45) is 9.78. The number of hydrogen-bond acceptors (Lipinski definition) is 4. The zero-order valence-corrected chi connectivity index (χ0v) is 14.8. The number of benzene rings is 1. The molecule has 2 heterocycles. The van der Waals surface area contributed by atoms with Crippen molar-refractivity contribution in [3.05, 3.63) is 60.2 Å². The fraction of sp³-hybridized carbons (Fsp3) is 0.450. The normalized spacial score (nSPS) is 20.0. The molecule has 1 N–H and O–H groups in total. The lowest BCUT2D eigenvalue weighted by Crippen LogP contribution is -2.67. The summed E-state index contributed by atoms with van der Waals surface area (Å²) in [6, 6.07) is 10.5. The lowest BCUT2D eigenvalue weighted by molar-refractivity contribution is -0.143. The van der Waals surface area contributed by atoms with Gasteiger partial charge in [-0.15, -0.1) is 0 Å². The number of nitrogens with one attached hydrogen (secondary N) is 1. The van der Waals surface area contributed by atoms with Gasteiger partial charge in [-0.2, -0.15) is 0 Å². The summed E-state index contributed by atoms with van der Waals surface area (Å²) in [7, 11) is 1.74. The lowest BCUT2D eigenvalue weighted by atomic mass is 9.78. The first-order valence-corrected chi connectivity index (χ1v) is 9.01. The van der Waals surface area contributed by atoms with Gasteiger partial charge in [-0.3, -0.25) is 19.7 Å². The first-order chi connectivity index (χ1) is 12.2. The number of carbonyl (C=O) groups excluding carboxylic acids is 1. The Morgan fingerprint density at radius 1 is 1.24 bits per heavy atom. The van der Waals surface area contributed by atoms with E-state index in [-0.39, 0.29) is 11.4 Å². The molecule has 0 aliphatic carbocycles. The average molecular weight is 338 g/mol. The molecule has 3 rings (SSSR count). The Balaban J connectivity index is 1.59. The standard InChI is InChI=1S/C20H26N4O/c1-21-19(25)20(10-5-8-18-16-22-12-13-23-18)11-15-24(20)14-9-17-6-3-2-4-7-17/h2-4,6-7,12-13,16H,5,8-11,14-15H2,1H3,(H,21,25)/t20-/m0/s1. The summed E-state index contributed by atoms with van der Waals surface area (Å²) in [5.74, 6) is 0.144. The van der Waals surface area contributed by atoms with Gasteiger partial charge in [0.2, 0.25) is 5.91 Å². The molecule has 1 aromatic carbocycles. The van der Waals surface area contributed by atoms with Crippen molar-refractivity contribution in [3.8, 4) is 0 Å². The van der Waals surface area contributed by atoms with Crippen molar-refractivity contribution in [2.45, 2.75) is 37.6 Å². The molecule has 0 radical (unpaired) electrons. The van der Waals surface area contributed by atoms with Gasteiger partial charge in [-0.05, 0) is 37.7 Å². The van der Waals surface area contributed by atoms with E-state index in [0.29, 0.717) is 0 Å². The van der Waals surface area contributed by atoms with Crippen LogP contribution < -0.4 is 5.32 Å². The van der Waals surface area contributed by atoms with Crippen LogP contribution in [-0.4, -0.2) is 46.5 Å². The molecule has 25 heavy (non-hydrogen) atoms. The molecule has 1 fully saturated rings. The van der Waals surface area contributed by atoms with Crippen LogP contribution in [-0.2, 0) is 17.6 Å². The van der Waals surface area contributed by atoms with Crippen LogP contribution in [0.2, 0.25) is 0 Å². The highest BCUT2D eigenvalue weighted by atomic mass is 16.2. The van der Waals surface area contributed by atoms with E-state index in [2.05, 4.69) is 44.5 Å². The molecule has 0 bridgehead atoms. The molecule has 1 amide bonds. The number of hydrogen-bond donors (Lipinski definition) is 1. The van der Waals surface area contributed by atoms with Gasteiger partial charge in [0, 0.05) is 38.7 Å². The summed E-state index contributed by atoms with van der Waals surface area (Å²) in [4.78, 5) is 23.4. The summed E-state index contributed by atoms with van der Waals surface area (Å²) >= 11 is 0. The number of likely N-dealkylation sites (tertiary alicyclic amines) is 1. The van der Waals surface area contributed by atoms with Crippen molar-refractivity contribution in [2.75, 3.05) is 20.1 Å². The minimum Gasteiger partial charge on any atom is -0.358 e. The molecule has 132 valence electrons. The third-order valence-corrected chi connectivity index (χ3v) is 5.20. The second kappa shape index (κ2) is 8.21. The maximum atomic E-state index is 12.6. The van der Waals surface area contributed by atoms with Crippen molar-refractivity contribution in [1.29, 1.82) is 0 Å². The number of carbonyl (C=O) groups is 1. The summed E-state index contributed by atoms with van der Waals surface area (Å²) in [6.45, 7) is 1.91. The molecule has 5 heteroatoms. The number of aryl methyl sites for hydroxylation is 1. The van der Waals surface area contributed by atoms with Crippen LogP contribution in [0.4, 0.5) is 0 Å². The summed E-state index contributed by atoms with van der Waals surface area (Å²) in [5.41, 5.74) is 1.95. The molecule has 1 aliphatic rings. The summed E-state index contributed by atoms with van der Waals surface area (Å²) in [5, 5.41) is 2.88. The summed E-state index contributed by atoms with van der Waals surface area (Å²) < 4.78 is 0. The van der Waals surface area contributed by atoms with E-state index in [9.17, 15) is 4.79 Å². The van der Waals surface area contributed by atoms with Crippen LogP contribution in [0.25, 0.3) is 0 Å². The fourth-order valence-corrected chi connectivity index (χ4v) is 3.68. The second-order valence-electron chi connectivity index (χ2n) is 6.63. The Hall–Kier alpha value is -2.27. The molecular formula is C20H26N4O. The Labute approximate surface area is 149 Å². The van der Waals surface area contributed by atoms with Crippen LogP contribution in [0.3, 0.4) is 0 Å². The fourth-order valence-electron chi connectivity index (χ4n) is 3.68. The quantitative estimate of drug-likeness (QED) is 0.802. The van der Waals surface area contributed by atoms with Gasteiger partial charge in [0.05, 0.1) is 5.69 Å². The van der Waals surface area contributed by atoms with Crippen molar-refractivity contribution >= 4 is 5.91 Å². The molecule has 1 aliphatic heterocycles. The minimum atomic E-state index is -0.355. The van der Waals surface area contributed by atoms with Gasteiger partial charge in [0.15, 0.2) is 0 Å². The number of rotatable bonds is 8. The van der Waals surface area contributed by atoms with Gasteiger partial charge < -0.3 is 5.32 Å². The van der Waals surface area contributed by atoms with E-state index in [0.717, 1.165) is 50.9 Å². The molecule has 1 atom stereocenters. The number of aromatic nitrogens is 2. The molecule has 0 spiro atoms. The third-order valence-electron chi connectivity index (χ3n) is 5.20. The predicted molar refractivity (Wildman–Crippen MR) is 98.1 cm³/mol. The van der Waals surface area contributed by atoms with E-state index < -0.39 is 0 Å². The molecule has 1 aromatic heterocycles. The average Bonchev–Trinajstić information content (AvgIpc) is 2.65. The van der Waals surface area contributed by atoms with E-state index in [1.54, 1.807) is 25.6 Å². The van der Waals surface area contributed by atoms with E-state index in [1.807, 2.05) is 6.07 Å². The number of likely N-dealkylation sites (N-methyl/N-ethyl adjacent to an activating group) is 1. The van der Waals surface area contributed by atoms with Crippen LogP contribution >= 0.6 is 0 Å². The zero-order chi connectivity index (χ0) is 17.5. The Bertz CT molecular complexity index is 677.